The maximum atomic E-state index is 13.9. The van der Waals surface area contributed by atoms with Gasteiger partial charge in [0.05, 0.1) is 18.7 Å². The van der Waals surface area contributed by atoms with E-state index in [1.165, 1.54) is 7.11 Å². The van der Waals surface area contributed by atoms with Gasteiger partial charge in [0.1, 0.15) is 11.7 Å². The Labute approximate surface area is 183 Å². The number of methoxy groups -OCH3 is 1. The second-order valence-corrected chi connectivity index (χ2v) is 8.36. The lowest BCUT2D eigenvalue weighted by molar-refractivity contribution is -0.578. The summed E-state index contributed by atoms with van der Waals surface area (Å²) in [6, 6.07) is 21.0. The molecule has 1 aliphatic heterocycles. The monoisotopic (exact) mass is 426 g/mol. The second kappa shape index (κ2) is 6.26. The molecule has 7 rings (SSSR count). The normalized spacial score (nSPS) is 27.0. The van der Waals surface area contributed by atoms with Gasteiger partial charge in [-0.05, 0) is 23.3 Å². The summed E-state index contributed by atoms with van der Waals surface area (Å²) in [5.74, 6) is -3.04. The first-order valence-electron chi connectivity index (χ1n) is 10.4. The number of hydrogen-bond donors (Lipinski definition) is 0. The first kappa shape index (κ1) is 18.7. The van der Waals surface area contributed by atoms with Gasteiger partial charge in [0.15, 0.2) is 0 Å². The zero-order chi connectivity index (χ0) is 22.2. The van der Waals surface area contributed by atoms with Crippen LogP contribution in [0.1, 0.15) is 28.2 Å². The van der Waals surface area contributed by atoms with Gasteiger partial charge < -0.3 is 4.74 Å². The second-order valence-electron chi connectivity index (χ2n) is 8.36. The van der Waals surface area contributed by atoms with Crippen molar-refractivity contribution in [2.24, 2.45) is 11.8 Å². The van der Waals surface area contributed by atoms with Gasteiger partial charge in [0.25, 0.3) is 5.54 Å². The van der Waals surface area contributed by atoms with Crippen LogP contribution in [0, 0.1) is 22.0 Å². The highest BCUT2D eigenvalue weighted by molar-refractivity contribution is 6.24. The van der Waals surface area contributed by atoms with Crippen molar-refractivity contribution in [2.45, 2.75) is 11.5 Å². The third-order valence-electron chi connectivity index (χ3n) is 7.19. The van der Waals surface area contributed by atoms with Crippen LogP contribution in [0.3, 0.4) is 0 Å². The first-order valence-corrected chi connectivity index (χ1v) is 10.4. The molecule has 3 aromatic rings. The Kier molecular flexibility index (Phi) is 3.67. The number of rotatable bonds is 3. The predicted molar refractivity (Wildman–Crippen MR) is 115 cm³/mol. The lowest BCUT2D eigenvalue weighted by Crippen LogP contribution is -2.57. The zero-order valence-electron chi connectivity index (χ0n) is 17.1. The van der Waals surface area contributed by atoms with Gasteiger partial charge >= 0.3 is 0 Å². The Morgan fingerprint density at radius 3 is 2.03 bits per heavy atom. The minimum absolute atomic E-state index is 0.311. The van der Waals surface area contributed by atoms with Crippen LogP contribution in [-0.2, 0) is 15.1 Å². The van der Waals surface area contributed by atoms with Crippen LogP contribution in [0.2, 0.25) is 0 Å². The summed E-state index contributed by atoms with van der Waals surface area (Å²) in [7, 11) is 1.46. The van der Waals surface area contributed by atoms with E-state index in [0.717, 1.165) is 16.0 Å². The number of carbonyl (C=O) groups is 2. The molecule has 1 saturated heterocycles. The van der Waals surface area contributed by atoms with E-state index in [2.05, 4.69) is 0 Å². The summed E-state index contributed by atoms with van der Waals surface area (Å²) in [4.78, 5) is 41.3. The minimum atomic E-state index is -1.82. The van der Waals surface area contributed by atoms with Crippen molar-refractivity contribution in [1.29, 1.82) is 0 Å². The summed E-state index contributed by atoms with van der Waals surface area (Å²) in [5, 5.41) is 12.9. The van der Waals surface area contributed by atoms with Gasteiger partial charge in [-0.3, -0.25) is 19.7 Å². The van der Waals surface area contributed by atoms with E-state index in [1.807, 2.05) is 24.3 Å². The maximum Gasteiger partial charge on any atom is 0.285 e. The zero-order valence-corrected chi connectivity index (χ0v) is 17.1. The van der Waals surface area contributed by atoms with E-state index in [1.54, 1.807) is 48.5 Å². The Balaban J connectivity index is 1.67. The standard InChI is InChI=1S/C25H18N2O5/c1-32-19-13-7-6-12-18(19)26-23(28)21-20-14-8-2-4-10-16(14)25(27(30)31,22(21)24(26)29)17-11-5-3-9-15(17)20/h2-13,20-22H,1H3/t20?,21-,22-,25?/m1/s1. The highest BCUT2D eigenvalue weighted by Crippen LogP contribution is 2.64. The molecule has 1 heterocycles. The molecule has 3 aliphatic carbocycles. The molecule has 158 valence electrons. The highest BCUT2D eigenvalue weighted by Gasteiger charge is 2.75. The van der Waals surface area contributed by atoms with Crippen molar-refractivity contribution in [3.05, 3.63) is 105 Å². The molecule has 4 aliphatic rings. The molecular formula is C25H18N2O5. The number of benzene rings is 3. The van der Waals surface area contributed by atoms with Gasteiger partial charge in [0, 0.05) is 22.0 Å². The minimum Gasteiger partial charge on any atom is -0.495 e. The van der Waals surface area contributed by atoms with Crippen LogP contribution in [0.4, 0.5) is 5.69 Å². The van der Waals surface area contributed by atoms with E-state index in [0.29, 0.717) is 22.6 Å². The van der Waals surface area contributed by atoms with Crippen LogP contribution in [-0.4, -0.2) is 23.8 Å². The number of carbonyl (C=O) groups excluding carboxylic acids is 2. The molecule has 7 heteroatoms. The summed E-state index contributed by atoms with van der Waals surface area (Å²) in [6.07, 6.45) is 0. The van der Waals surface area contributed by atoms with E-state index in [4.69, 9.17) is 4.74 Å². The van der Waals surface area contributed by atoms with Crippen LogP contribution in [0.25, 0.3) is 0 Å². The number of imide groups is 1. The first-order chi connectivity index (χ1) is 15.5. The molecule has 0 radical (unpaired) electrons. The SMILES string of the molecule is COc1ccccc1N1C(=O)[C@@H]2C3c4ccccc4C([N+](=O)[O-])(c4ccccc43)[C@H]2C1=O. The molecule has 0 aromatic heterocycles. The third-order valence-corrected chi connectivity index (χ3v) is 7.19. The number of amides is 2. The predicted octanol–water partition coefficient (Wildman–Crippen LogP) is 3.48. The van der Waals surface area contributed by atoms with Gasteiger partial charge in [-0.2, -0.15) is 0 Å². The fraction of sp³-hybridized carbons (Fsp3) is 0.200. The summed E-state index contributed by atoms with van der Waals surface area (Å²) < 4.78 is 5.39. The number of hydrogen-bond acceptors (Lipinski definition) is 5. The van der Waals surface area contributed by atoms with Crippen molar-refractivity contribution >= 4 is 17.5 Å². The molecule has 0 N–H and O–H groups in total. The molecule has 1 fully saturated rings. The van der Waals surface area contributed by atoms with Crippen LogP contribution in [0.5, 0.6) is 5.75 Å². The van der Waals surface area contributed by atoms with Crippen LogP contribution in [0.15, 0.2) is 72.8 Å². The molecule has 32 heavy (non-hydrogen) atoms. The molecule has 2 atom stereocenters. The van der Waals surface area contributed by atoms with E-state index >= 15 is 0 Å². The van der Waals surface area contributed by atoms with Crippen molar-refractivity contribution < 1.29 is 19.2 Å². The van der Waals surface area contributed by atoms with Crippen LogP contribution >= 0.6 is 0 Å². The summed E-state index contributed by atoms with van der Waals surface area (Å²) in [6.45, 7) is 0. The number of ether oxygens (including phenoxy) is 1. The van der Waals surface area contributed by atoms with Gasteiger partial charge in [-0.15, -0.1) is 0 Å². The lowest BCUT2D eigenvalue weighted by Gasteiger charge is -2.48. The Morgan fingerprint density at radius 1 is 0.875 bits per heavy atom. The smallest absolute Gasteiger partial charge is 0.285 e. The Morgan fingerprint density at radius 2 is 1.44 bits per heavy atom. The fourth-order valence-electron chi connectivity index (χ4n) is 6.09. The average molecular weight is 426 g/mol. The molecule has 2 amide bonds. The lowest BCUT2D eigenvalue weighted by atomic mass is 9.51. The molecule has 0 spiro atoms. The topological polar surface area (TPSA) is 89.8 Å². The van der Waals surface area contributed by atoms with Crippen molar-refractivity contribution in [1.82, 2.24) is 0 Å². The third kappa shape index (κ3) is 1.96. The van der Waals surface area contributed by atoms with E-state index in [-0.39, 0.29) is 4.92 Å². The quantitative estimate of drug-likeness (QED) is 0.363. The largest absolute Gasteiger partial charge is 0.495 e. The molecular weight excluding hydrogens is 408 g/mol. The number of nitro groups is 1. The molecule has 0 saturated carbocycles. The number of para-hydroxylation sites is 2. The summed E-state index contributed by atoms with van der Waals surface area (Å²) >= 11 is 0. The Hall–Kier alpha value is -4.00. The van der Waals surface area contributed by atoms with Crippen molar-refractivity contribution in [3.63, 3.8) is 0 Å². The average Bonchev–Trinajstić information content (AvgIpc) is 3.09. The van der Waals surface area contributed by atoms with Gasteiger partial charge in [-0.25, -0.2) is 4.90 Å². The van der Waals surface area contributed by atoms with Gasteiger partial charge in [0.2, 0.25) is 11.8 Å². The van der Waals surface area contributed by atoms with Gasteiger partial charge in [-0.1, -0.05) is 60.7 Å². The number of nitrogens with zero attached hydrogens (tertiary/aromatic N) is 2. The van der Waals surface area contributed by atoms with E-state index in [9.17, 15) is 19.7 Å². The van der Waals surface area contributed by atoms with E-state index < -0.39 is 35.1 Å². The Bertz CT molecular complexity index is 1290. The fourth-order valence-corrected chi connectivity index (χ4v) is 6.09. The maximum absolute atomic E-state index is 13.9. The molecule has 3 aromatic carbocycles. The van der Waals surface area contributed by atoms with Crippen molar-refractivity contribution in [2.75, 3.05) is 12.0 Å². The van der Waals surface area contributed by atoms with Crippen molar-refractivity contribution in [3.8, 4) is 5.75 Å². The number of anilines is 1. The molecule has 2 bridgehead atoms. The highest BCUT2D eigenvalue weighted by atomic mass is 16.6. The van der Waals surface area contributed by atoms with Crippen LogP contribution < -0.4 is 9.64 Å². The molecule has 0 unspecified atom stereocenters. The molecule has 7 nitrogen and oxygen atoms in total. The summed E-state index contributed by atoms with van der Waals surface area (Å²) in [5.41, 5.74) is 0.969.